The van der Waals surface area contributed by atoms with E-state index in [-0.39, 0.29) is 12.5 Å². The summed E-state index contributed by atoms with van der Waals surface area (Å²) >= 11 is 0. The van der Waals surface area contributed by atoms with E-state index < -0.39 is 7.14 Å². The molecule has 200 valence electrons. The molecule has 1 amide bonds. The molecular weight excluding hydrogens is 513 g/mol. The second kappa shape index (κ2) is 12.6. The Morgan fingerprint density at radius 1 is 0.675 bits per heavy atom. The highest BCUT2D eigenvalue weighted by molar-refractivity contribution is 7.85. The van der Waals surface area contributed by atoms with Crippen LogP contribution in [0.2, 0.25) is 0 Å². The molecular formula is C35H32NO3P. The normalized spacial score (nSPS) is 11.1. The van der Waals surface area contributed by atoms with Crippen molar-refractivity contribution in [1.82, 2.24) is 0 Å². The average molecular weight is 546 g/mol. The minimum atomic E-state index is -3.30. The van der Waals surface area contributed by atoms with Gasteiger partial charge >= 0.3 is 0 Å². The lowest BCUT2D eigenvalue weighted by Gasteiger charge is -2.25. The van der Waals surface area contributed by atoms with Crippen LogP contribution in [0.25, 0.3) is 0 Å². The number of aryl methyl sites for hydroxylation is 1. The Balaban J connectivity index is 1.52. The molecule has 40 heavy (non-hydrogen) atoms. The van der Waals surface area contributed by atoms with Gasteiger partial charge in [-0.3, -0.25) is 4.79 Å². The van der Waals surface area contributed by atoms with Crippen molar-refractivity contribution in [2.45, 2.75) is 19.9 Å². The van der Waals surface area contributed by atoms with E-state index >= 15 is 4.57 Å². The molecule has 0 saturated carbocycles. The van der Waals surface area contributed by atoms with Crippen LogP contribution in [0.1, 0.15) is 18.1 Å². The molecule has 0 unspecified atom stereocenters. The van der Waals surface area contributed by atoms with Crippen LogP contribution in [0, 0.1) is 0 Å². The van der Waals surface area contributed by atoms with E-state index in [1.54, 1.807) is 4.90 Å². The van der Waals surface area contributed by atoms with E-state index in [0.717, 1.165) is 33.8 Å². The predicted octanol–water partition coefficient (Wildman–Crippen LogP) is 6.50. The zero-order chi connectivity index (χ0) is 27.8. The van der Waals surface area contributed by atoms with Crippen molar-refractivity contribution in [2.75, 3.05) is 11.5 Å². The highest BCUT2D eigenvalue weighted by atomic mass is 31.2. The summed E-state index contributed by atoms with van der Waals surface area (Å²) in [4.78, 5) is 15.4. The fourth-order valence-electron chi connectivity index (χ4n) is 4.77. The molecule has 5 rings (SSSR count). The highest BCUT2D eigenvalue weighted by Crippen LogP contribution is 2.45. The first kappa shape index (κ1) is 27.2. The number of carbonyl (C=O) groups excluding carboxylic acids is 1. The Hall–Kier alpha value is -4.40. The third-order valence-electron chi connectivity index (χ3n) is 6.91. The molecule has 5 aromatic carbocycles. The summed E-state index contributed by atoms with van der Waals surface area (Å²) in [5, 5.41) is 2.05. The van der Waals surface area contributed by atoms with Crippen molar-refractivity contribution < 1.29 is 14.1 Å². The summed E-state index contributed by atoms with van der Waals surface area (Å²) in [6.07, 6.45) is 0.786. The van der Waals surface area contributed by atoms with Gasteiger partial charge in [-0.25, -0.2) is 0 Å². The van der Waals surface area contributed by atoms with Crippen molar-refractivity contribution in [1.29, 1.82) is 0 Å². The third-order valence-corrected chi connectivity index (χ3v) is 9.99. The van der Waals surface area contributed by atoms with E-state index in [0.29, 0.717) is 17.6 Å². The van der Waals surface area contributed by atoms with Crippen molar-refractivity contribution in [2.24, 2.45) is 0 Å². The number of anilines is 1. The Kier molecular flexibility index (Phi) is 8.59. The SMILES string of the molecule is CCc1ccc(OCC(=O)N(Cc2ccccc2)c2ccccc2)c(P(=O)(c2ccccc2)c2ccccc2)c1. The summed E-state index contributed by atoms with van der Waals surface area (Å²) in [5.74, 6) is 0.268. The third kappa shape index (κ3) is 5.93. The van der Waals surface area contributed by atoms with E-state index in [9.17, 15) is 4.79 Å². The molecule has 0 aliphatic heterocycles. The minimum Gasteiger partial charge on any atom is -0.483 e. The van der Waals surface area contributed by atoms with Crippen LogP contribution in [-0.4, -0.2) is 12.5 Å². The maximum atomic E-state index is 15.2. The molecule has 0 aliphatic rings. The van der Waals surface area contributed by atoms with E-state index in [1.807, 2.05) is 140 Å². The number of benzene rings is 5. The first-order valence-corrected chi connectivity index (χ1v) is 15.2. The number of ether oxygens (including phenoxy) is 1. The first-order chi connectivity index (χ1) is 19.6. The van der Waals surface area contributed by atoms with Crippen LogP contribution in [0.3, 0.4) is 0 Å². The van der Waals surface area contributed by atoms with Gasteiger partial charge in [0.05, 0.1) is 11.8 Å². The van der Waals surface area contributed by atoms with Crippen molar-refractivity contribution >= 4 is 34.7 Å². The Morgan fingerprint density at radius 3 is 1.75 bits per heavy atom. The average Bonchev–Trinajstić information content (AvgIpc) is 3.03. The molecule has 0 atom stereocenters. The molecule has 0 bridgehead atoms. The second-order valence-corrected chi connectivity index (χ2v) is 12.3. The molecule has 0 saturated heterocycles. The van der Waals surface area contributed by atoms with Gasteiger partial charge in [0.25, 0.3) is 5.91 Å². The summed E-state index contributed by atoms with van der Waals surface area (Å²) < 4.78 is 21.4. The maximum absolute atomic E-state index is 15.2. The van der Waals surface area contributed by atoms with Crippen molar-refractivity contribution in [3.63, 3.8) is 0 Å². The fraction of sp³-hybridized carbons (Fsp3) is 0.114. The van der Waals surface area contributed by atoms with E-state index in [4.69, 9.17) is 4.74 Å². The summed E-state index contributed by atoms with van der Waals surface area (Å²) in [5.41, 5.74) is 2.86. The van der Waals surface area contributed by atoms with E-state index in [2.05, 4.69) is 6.92 Å². The summed E-state index contributed by atoms with van der Waals surface area (Å²) in [6, 6.07) is 44.3. The van der Waals surface area contributed by atoms with E-state index in [1.165, 1.54) is 0 Å². The number of nitrogens with zero attached hydrogens (tertiary/aromatic N) is 1. The standard InChI is InChI=1S/C35H32NO3P/c1-2-28-23-24-33(34(25-28)40(38,31-19-11-5-12-20-31)32-21-13-6-14-22-32)39-27-35(37)36(30-17-9-4-10-18-30)26-29-15-7-3-8-16-29/h3-25H,2,26-27H2,1H3. The molecule has 5 aromatic rings. The van der Waals surface area contributed by atoms with Gasteiger partial charge in [0, 0.05) is 16.3 Å². The van der Waals surface area contributed by atoms with Gasteiger partial charge in [-0.15, -0.1) is 0 Å². The monoisotopic (exact) mass is 545 g/mol. The lowest BCUT2D eigenvalue weighted by atomic mass is 10.2. The lowest BCUT2D eigenvalue weighted by Crippen LogP contribution is -2.35. The number of rotatable bonds is 10. The zero-order valence-corrected chi connectivity index (χ0v) is 23.4. The van der Waals surface area contributed by atoms with Crippen LogP contribution in [0.5, 0.6) is 5.75 Å². The van der Waals surface area contributed by atoms with Crippen LogP contribution < -0.4 is 25.6 Å². The molecule has 5 heteroatoms. The highest BCUT2D eigenvalue weighted by Gasteiger charge is 2.33. The quantitative estimate of drug-likeness (QED) is 0.188. The van der Waals surface area contributed by atoms with Gasteiger partial charge in [0.15, 0.2) is 13.7 Å². The maximum Gasteiger partial charge on any atom is 0.265 e. The molecule has 0 aromatic heterocycles. The first-order valence-electron chi connectivity index (χ1n) is 13.5. The summed E-state index contributed by atoms with van der Waals surface area (Å²) in [7, 11) is -3.30. The largest absolute Gasteiger partial charge is 0.483 e. The van der Waals surface area contributed by atoms with Crippen LogP contribution >= 0.6 is 7.14 Å². The molecule has 4 nitrogen and oxygen atoms in total. The number of hydrogen-bond donors (Lipinski definition) is 0. The minimum absolute atomic E-state index is 0.185. The molecule has 0 radical (unpaired) electrons. The molecule has 0 N–H and O–H groups in total. The van der Waals surface area contributed by atoms with Crippen LogP contribution in [-0.2, 0) is 22.3 Å². The number of amides is 1. The topological polar surface area (TPSA) is 46.6 Å². The molecule has 0 fully saturated rings. The predicted molar refractivity (Wildman–Crippen MR) is 165 cm³/mol. The van der Waals surface area contributed by atoms with Crippen molar-refractivity contribution in [3.8, 4) is 5.75 Å². The fourth-order valence-corrected chi connectivity index (χ4v) is 7.60. The summed E-state index contributed by atoms with van der Waals surface area (Å²) in [6.45, 7) is 2.30. The van der Waals surface area contributed by atoms with Crippen LogP contribution in [0.15, 0.2) is 140 Å². The smallest absolute Gasteiger partial charge is 0.265 e. The zero-order valence-electron chi connectivity index (χ0n) is 22.5. The Bertz CT molecular complexity index is 1550. The van der Waals surface area contributed by atoms with Gasteiger partial charge in [-0.05, 0) is 41.8 Å². The van der Waals surface area contributed by atoms with Gasteiger partial charge in [-0.1, -0.05) is 122 Å². The van der Waals surface area contributed by atoms with Gasteiger partial charge in [-0.2, -0.15) is 0 Å². The van der Waals surface area contributed by atoms with Gasteiger partial charge < -0.3 is 14.2 Å². The molecule has 0 heterocycles. The lowest BCUT2D eigenvalue weighted by molar-refractivity contribution is -0.120. The van der Waals surface area contributed by atoms with Crippen molar-refractivity contribution in [3.05, 3.63) is 151 Å². The number of carbonyl (C=O) groups is 1. The molecule has 0 spiro atoms. The van der Waals surface area contributed by atoms with Crippen LogP contribution in [0.4, 0.5) is 5.69 Å². The number of para-hydroxylation sites is 1. The molecule has 0 aliphatic carbocycles. The second-order valence-electron chi connectivity index (χ2n) is 9.53. The van der Waals surface area contributed by atoms with Gasteiger partial charge in [0.1, 0.15) is 5.75 Å². The van der Waals surface area contributed by atoms with Gasteiger partial charge in [0.2, 0.25) is 0 Å². The Morgan fingerprint density at radius 2 is 1.20 bits per heavy atom. The Labute approximate surface area is 236 Å². The number of hydrogen-bond acceptors (Lipinski definition) is 3.